The average molecular weight is 559 g/mol. The van der Waals surface area contributed by atoms with Crippen molar-refractivity contribution < 1.29 is 24.9 Å². The van der Waals surface area contributed by atoms with Gasteiger partial charge in [-0.3, -0.25) is 14.6 Å². The molecule has 2 aliphatic rings. The number of hydrogen-bond donors (Lipinski definition) is 4. The average Bonchev–Trinajstić information content (AvgIpc) is 2.91. The van der Waals surface area contributed by atoms with Gasteiger partial charge < -0.3 is 24.6 Å². The topological polar surface area (TPSA) is 168 Å². The van der Waals surface area contributed by atoms with E-state index in [0.717, 1.165) is 30.4 Å². The smallest absolute Gasteiger partial charge is 0.349 e. The van der Waals surface area contributed by atoms with Crippen LogP contribution in [0.3, 0.4) is 0 Å². The van der Waals surface area contributed by atoms with E-state index in [-0.39, 0.29) is 24.5 Å². The van der Waals surface area contributed by atoms with Crippen molar-refractivity contribution in [3.8, 4) is 11.5 Å². The molecule has 0 amide bonds. The third-order valence-corrected chi connectivity index (χ3v) is 7.28. The third-order valence-electron chi connectivity index (χ3n) is 7.28. The number of ether oxygens (including phenoxy) is 1. The molecule has 4 N–H and O–H groups in total. The van der Waals surface area contributed by atoms with Crippen LogP contribution < -0.4 is 11.2 Å². The van der Waals surface area contributed by atoms with Gasteiger partial charge >= 0.3 is 11.7 Å². The molecule has 40 heavy (non-hydrogen) atoms. The summed E-state index contributed by atoms with van der Waals surface area (Å²) in [6.45, 7) is 5.18. The fourth-order valence-electron chi connectivity index (χ4n) is 4.72. The molecular formula is C29H42N4O7. The largest absolute Gasteiger partial charge is 0.463 e. The van der Waals surface area contributed by atoms with Crippen LogP contribution in [0.25, 0.3) is 22.6 Å². The number of aliphatic hydroxyl groups is 3. The number of rotatable bonds is 16. The first-order valence-electron chi connectivity index (χ1n) is 14.2. The van der Waals surface area contributed by atoms with Gasteiger partial charge in [0.25, 0.3) is 5.56 Å². The van der Waals surface area contributed by atoms with E-state index in [0.29, 0.717) is 17.5 Å². The predicted octanol–water partition coefficient (Wildman–Crippen LogP) is 2.75. The van der Waals surface area contributed by atoms with Gasteiger partial charge in [0.2, 0.25) is 0 Å². The molecule has 0 saturated heterocycles. The minimum Gasteiger partial charge on any atom is -0.463 e. The Morgan fingerprint density at radius 1 is 0.925 bits per heavy atom. The summed E-state index contributed by atoms with van der Waals surface area (Å²) < 4.78 is 6.55. The molecule has 220 valence electrons. The Morgan fingerprint density at radius 3 is 2.23 bits per heavy atom. The normalized spacial score (nSPS) is 13.9. The van der Waals surface area contributed by atoms with Crippen LogP contribution in [0.4, 0.5) is 0 Å². The first-order valence-corrected chi connectivity index (χ1v) is 14.2. The van der Waals surface area contributed by atoms with E-state index in [4.69, 9.17) is 4.74 Å². The van der Waals surface area contributed by atoms with Crippen molar-refractivity contribution in [3.05, 3.63) is 44.1 Å². The number of benzene rings is 1. The van der Waals surface area contributed by atoms with E-state index in [9.17, 15) is 29.7 Å². The molecule has 0 aromatic heterocycles. The number of nitrogens with one attached hydrogen (secondary N) is 1. The molecule has 0 spiro atoms. The zero-order valence-electron chi connectivity index (χ0n) is 23.7. The van der Waals surface area contributed by atoms with Crippen LogP contribution in [0.2, 0.25) is 0 Å². The Morgan fingerprint density at radius 2 is 1.55 bits per heavy atom. The molecule has 0 bridgehead atoms. The number of fused-ring (bicyclic) bond motifs is 2. The summed E-state index contributed by atoms with van der Waals surface area (Å²) in [6.07, 6.45) is 5.56. The van der Waals surface area contributed by atoms with Crippen molar-refractivity contribution in [1.29, 1.82) is 0 Å². The highest BCUT2D eigenvalue weighted by atomic mass is 16.5. The molecular weight excluding hydrogens is 516 g/mol. The number of unbranched alkanes of at least 4 members (excludes halogenated alkanes) is 8. The van der Waals surface area contributed by atoms with E-state index in [1.54, 1.807) is 12.1 Å². The fourth-order valence-corrected chi connectivity index (χ4v) is 4.72. The van der Waals surface area contributed by atoms with E-state index in [1.165, 1.54) is 36.7 Å². The summed E-state index contributed by atoms with van der Waals surface area (Å²) in [6, 6.07) is 3.56. The highest BCUT2D eigenvalue weighted by Crippen LogP contribution is 2.24. The van der Waals surface area contributed by atoms with Gasteiger partial charge in [0, 0.05) is 6.42 Å². The molecule has 11 heteroatoms. The lowest BCUT2D eigenvalue weighted by Crippen LogP contribution is -2.43. The summed E-state index contributed by atoms with van der Waals surface area (Å²) >= 11 is 0. The second-order valence-electron chi connectivity index (χ2n) is 10.6. The summed E-state index contributed by atoms with van der Waals surface area (Å²) in [4.78, 5) is 46.8. The van der Waals surface area contributed by atoms with Gasteiger partial charge in [-0.1, -0.05) is 58.3 Å². The highest BCUT2D eigenvalue weighted by molar-refractivity contribution is 5.81. The van der Waals surface area contributed by atoms with Gasteiger partial charge in [0.15, 0.2) is 11.5 Å². The first-order chi connectivity index (χ1) is 19.1. The molecule has 0 fully saturated rings. The minimum atomic E-state index is -1.67. The monoisotopic (exact) mass is 558 g/mol. The van der Waals surface area contributed by atoms with Crippen molar-refractivity contribution in [2.75, 3.05) is 6.61 Å². The molecule has 0 saturated carbocycles. The summed E-state index contributed by atoms with van der Waals surface area (Å²) in [5, 5.41) is 31.8. The maximum Gasteiger partial charge on any atom is 0.349 e. The Labute approximate surface area is 233 Å². The zero-order chi connectivity index (χ0) is 29.2. The van der Waals surface area contributed by atoms with Gasteiger partial charge in [0.05, 0.1) is 17.6 Å². The molecule has 3 atom stereocenters. The van der Waals surface area contributed by atoms with Gasteiger partial charge in [-0.25, -0.2) is 9.78 Å². The molecule has 11 nitrogen and oxygen atoms in total. The van der Waals surface area contributed by atoms with Crippen molar-refractivity contribution in [1.82, 2.24) is 19.5 Å². The number of nitrogens with zero attached hydrogens (tertiary/aromatic N) is 3. The van der Waals surface area contributed by atoms with E-state index >= 15 is 0 Å². The van der Waals surface area contributed by atoms with E-state index < -0.39 is 42.1 Å². The molecule has 0 unspecified atom stereocenters. The maximum absolute atomic E-state index is 12.4. The van der Waals surface area contributed by atoms with Crippen LogP contribution in [0.1, 0.15) is 82.3 Å². The van der Waals surface area contributed by atoms with Crippen molar-refractivity contribution in [2.24, 2.45) is 0 Å². The van der Waals surface area contributed by atoms with Crippen molar-refractivity contribution in [2.45, 2.75) is 110 Å². The molecule has 3 rings (SSSR count). The number of aliphatic hydroxyl groups excluding tert-OH is 3. The van der Waals surface area contributed by atoms with E-state index in [2.05, 4.69) is 21.9 Å². The molecule has 0 aliphatic carbocycles. The maximum atomic E-state index is 12.4. The summed E-state index contributed by atoms with van der Waals surface area (Å²) in [5.41, 5.74) is 1.07. The highest BCUT2D eigenvalue weighted by Gasteiger charge is 2.29. The zero-order valence-corrected chi connectivity index (χ0v) is 23.7. The van der Waals surface area contributed by atoms with E-state index in [1.807, 2.05) is 13.8 Å². The predicted molar refractivity (Wildman–Crippen MR) is 151 cm³/mol. The van der Waals surface area contributed by atoms with Crippen LogP contribution in [-0.2, 0) is 16.1 Å². The Hall–Kier alpha value is -3.15. The van der Waals surface area contributed by atoms with Crippen LogP contribution in [0.5, 0.6) is 0 Å². The lowest BCUT2D eigenvalue weighted by Gasteiger charge is -2.25. The second kappa shape index (κ2) is 15.0. The Bertz CT molecular complexity index is 1350. The van der Waals surface area contributed by atoms with Crippen LogP contribution in [0, 0.1) is 13.8 Å². The van der Waals surface area contributed by atoms with Crippen LogP contribution in [-0.4, -0.2) is 65.7 Å². The summed E-state index contributed by atoms with van der Waals surface area (Å²) in [5.74, 6) is -0.529. The van der Waals surface area contributed by atoms with Gasteiger partial charge in [-0.2, -0.15) is 4.98 Å². The standard InChI is InChI=1S/C29H42N4O7/c1-4-5-6-7-8-9-10-11-12-13-24(36)40-17-23(35)26(37)22(34)16-33-21-15-19(3)18(2)14-20(21)30-25-27(33)31-29(39)32-28(25)38/h14-15,22-23,26,34-35,37H,4-13,16-17H2,1-3H3,(H,32,38,39)/t22-,23+,26-/m1/s1. The minimum absolute atomic E-state index is 0.0577. The second-order valence-corrected chi connectivity index (χ2v) is 10.6. The number of hydrogen-bond acceptors (Lipinski definition) is 9. The lowest BCUT2D eigenvalue weighted by atomic mass is 10.1. The van der Waals surface area contributed by atoms with Gasteiger partial charge in [-0.05, 0) is 43.5 Å². The number of carbonyl (C=O) groups is 1. The first kappa shape index (κ1) is 31.4. The molecule has 1 aromatic carbocycles. The Kier molecular flexibility index (Phi) is 11.8. The van der Waals surface area contributed by atoms with Crippen LogP contribution in [0.15, 0.2) is 21.7 Å². The molecule has 0 radical (unpaired) electrons. The SMILES string of the molecule is CCCCCCCCCCCC(=O)OC[C@H](O)[C@H](O)[C@H](O)Cn1c2nc(=O)[nH]c(=O)c-2nc2cc(C)c(C)cc21. The van der Waals surface area contributed by atoms with Crippen molar-refractivity contribution in [3.63, 3.8) is 0 Å². The molecule has 1 aromatic rings. The summed E-state index contributed by atoms with van der Waals surface area (Å²) in [7, 11) is 0. The van der Waals surface area contributed by atoms with Gasteiger partial charge in [0.1, 0.15) is 24.9 Å². The third kappa shape index (κ3) is 8.42. The lowest BCUT2D eigenvalue weighted by molar-refractivity contribution is -0.152. The number of aromatic nitrogens is 4. The Balaban J connectivity index is 1.58. The molecule has 2 aliphatic heterocycles. The van der Waals surface area contributed by atoms with Crippen LogP contribution >= 0.6 is 0 Å². The number of aryl methyl sites for hydroxylation is 2. The molecule has 2 heterocycles. The number of carbonyl (C=O) groups excluding carboxylic acids is 1. The number of aromatic amines is 1. The van der Waals surface area contributed by atoms with Crippen molar-refractivity contribution >= 4 is 17.0 Å². The number of H-pyrrole nitrogens is 1. The fraction of sp³-hybridized carbons (Fsp3) is 0.621. The number of esters is 1. The van der Waals surface area contributed by atoms with Gasteiger partial charge in [-0.15, -0.1) is 0 Å². The quantitative estimate of drug-likeness (QED) is 0.117.